The van der Waals surface area contributed by atoms with E-state index >= 15 is 0 Å². The molecule has 0 unspecified atom stereocenters. The maximum atomic E-state index is 11.0. The fraction of sp³-hybridized carbons (Fsp3) is 0.250. The van der Waals surface area contributed by atoms with Crippen LogP contribution in [0.1, 0.15) is 12.5 Å². The maximum Gasteiger partial charge on any atom is 0.346 e. The summed E-state index contributed by atoms with van der Waals surface area (Å²) in [6, 6.07) is 9.70. The summed E-state index contributed by atoms with van der Waals surface area (Å²) in [4.78, 5) is 11.0. The van der Waals surface area contributed by atoms with E-state index in [-0.39, 0.29) is 5.97 Å². The van der Waals surface area contributed by atoms with Gasteiger partial charge < -0.3 is 9.47 Å². The Bertz CT molecular complexity index is 330. The van der Waals surface area contributed by atoms with E-state index in [0.29, 0.717) is 0 Å². The molecule has 0 heterocycles. The van der Waals surface area contributed by atoms with Gasteiger partial charge in [-0.1, -0.05) is 30.3 Å². The fourth-order valence-electron chi connectivity index (χ4n) is 1.02. The first-order valence-corrected chi connectivity index (χ1v) is 4.69. The molecule has 0 bridgehead atoms. The third-order valence-electron chi connectivity index (χ3n) is 1.88. The lowest BCUT2D eigenvalue weighted by atomic mass is 10.2. The molecule has 1 aromatic rings. The Hall–Kier alpha value is -1.77. The van der Waals surface area contributed by atoms with Crippen LogP contribution in [0.4, 0.5) is 0 Å². The minimum Gasteiger partial charge on any atom is -0.487 e. The smallest absolute Gasteiger partial charge is 0.346 e. The SMILES string of the molecule is COC(=O)[C@H](C)OC=Cc1ccccc1. The number of ether oxygens (including phenoxy) is 2. The van der Waals surface area contributed by atoms with E-state index in [1.165, 1.54) is 13.4 Å². The number of hydrogen-bond donors (Lipinski definition) is 0. The Morgan fingerprint density at radius 1 is 1.33 bits per heavy atom. The summed E-state index contributed by atoms with van der Waals surface area (Å²) >= 11 is 0. The van der Waals surface area contributed by atoms with Crippen molar-refractivity contribution in [3.05, 3.63) is 42.2 Å². The van der Waals surface area contributed by atoms with E-state index in [2.05, 4.69) is 4.74 Å². The molecule has 1 aromatic carbocycles. The minimum absolute atomic E-state index is 0.382. The highest BCUT2D eigenvalue weighted by Crippen LogP contribution is 2.02. The summed E-state index contributed by atoms with van der Waals surface area (Å²) < 4.78 is 9.66. The maximum absolute atomic E-state index is 11.0. The van der Waals surface area contributed by atoms with Gasteiger partial charge in [0.2, 0.25) is 0 Å². The lowest BCUT2D eigenvalue weighted by molar-refractivity contribution is -0.149. The molecule has 0 fully saturated rings. The molecule has 0 radical (unpaired) electrons. The zero-order valence-corrected chi connectivity index (χ0v) is 8.84. The molecule has 0 aliphatic heterocycles. The van der Waals surface area contributed by atoms with Crippen LogP contribution < -0.4 is 0 Å². The molecule has 3 heteroatoms. The Labute approximate surface area is 89.3 Å². The van der Waals surface area contributed by atoms with Crippen LogP contribution in [0.2, 0.25) is 0 Å². The largest absolute Gasteiger partial charge is 0.487 e. The van der Waals surface area contributed by atoms with Crippen LogP contribution in [0.5, 0.6) is 0 Å². The first kappa shape index (κ1) is 11.3. The quantitative estimate of drug-likeness (QED) is 0.559. The van der Waals surface area contributed by atoms with Crippen molar-refractivity contribution in [1.29, 1.82) is 0 Å². The monoisotopic (exact) mass is 206 g/mol. The second-order valence-corrected chi connectivity index (χ2v) is 3.01. The highest BCUT2D eigenvalue weighted by Gasteiger charge is 2.11. The highest BCUT2D eigenvalue weighted by molar-refractivity contribution is 5.74. The number of hydrogen-bond acceptors (Lipinski definition) is 3. The highest BCUT2D eigenvalue weighted by atomic mass is 16.6. The second kappa shape index (κ2) is 5.86. The number of carbonyl (C=O) groups excluding carboxylic acids is 1. The molecule has 1 atom stereocenters. The predicted octanol–water partition coefficient (Wildman–Crippen LogP) is 2.24. The molecule has 0 N–H and O–H groups in total. The normalized spacial score (nSPS) is 12.4. The number of carbonyl (C=O) groups is 1. The molecule has 0 saturated carbocycles. The average Bonchev–Trinajstić information content (AvgIpc) is 2.29. The van der Waals surface area contributed by atoms with Gasteiger partial charge in [0.25, 0.3) is 0 Å². The summed E-state index contributed by atoms with van der Waals surface area (Å²) in [5.41, 5.74) is 1.02. The third-order valence-corrected chi connectivity index (χ3v) is 1.88. The Morgan fingerprint density at radius 2 is 2.00 bits per heavy atom. The van der Waals surface area contributed by atoms with Crippen molar-refractivity contribution >= 4 is 12.0 Å². The number of rotatable bonds is 4. The molecule has 3 nitrogen and oxygen atoms in total. The van der Waals surface area contributed by atoms with Crippen molar-refractivity contribution < 1.29 is 14.3 Å². The van der Waals surface area contributed by atoms with Crippen LogP contribution in [-0.4, -0.2) is 19.2 Å². The molecule has 80 valence electrons. The summed E-state index contributed by atoms with van der Waals surface area (Å²) in [5, 5.41) is 0. The standard InChI is InChI=1S/C12H14O3/c1-10(12(13)14-2)15-9-8-11-6-4-3-5-7-11/h3-10H,1-2H3/t10-/m0/s1. The number of methoxy groups -OCH3 is 1. The Kier molecular flexibility index (Phi) is 4.41. The lowest BCUT2D eigenvalue weighted by Gasteiger charge is -2.07. The molecular weight excluding hydrogens is 192 g/mol. The molecule has 0 aliphatic carbocycles. The van der Waals surface area contributed by atoms with Gasteiger partial charge in [-0.3, -0.25) is 0 Å². The zero-order chi connectivity index (χ0) is 11.1. The molecule has 0 spiro atoms. The van der Waals surface area contributed by atoms with Gasteiger partial charge >= 0.3 is 5.97 Å². The van der Waals surface area contributed by atoms with Crippen molar-refractivity contribution in [2.45, 2.75) is 13.0 Å². The van der Waals surface area contributed by atoms with Gasteiger partial charge in [0.05, 0.1) is 13.4 Å². The number of esters is 1. The van der Waals surface area contributed by atoms with Crippen LogP contribution in [0.25, 0.3) is 6.08 Å². The summed E-state index contributed by atoms with van der Waals surface area (Å²) in [6.07, 6.45) is 2.71. The lowest BCUT2D eigenvalue weighted by Crippen LogP contribution is -2.19. The van der Waals surface area contributed by atoms with Crippen molar-refractivity contribution in [3.8, 4) is 0 Å². The van der Waals surface area contributed by atoms with Crippen LogP contribution in [0, 0.1) is 0 Å². The summed E-state index contributed by atoms with van der Waals surface area (Å²) in [7, 11) is 1.34. The van der Waals surface area contributed by atoms with Crippen molar-refractivity contribution in [2.24, 2.45) is 0 Å². The Balaban J connectivity index is 2.43. The molecular formula is C12H14O3. The van der Waals surface area contributed by atoms with Crippen LogP contribution >= 0.6 is 0 Å². The van der Waals surface area contributed by atoms with Gasteiger partial charge in [0.15, 0.2) is 6.10 Å². The van der Waals surface area contributed by atoms with Crippen molar-refractivity contribution in [2.75, 3.05) is 7.11 Å². The van der Waals surface area contributed by atoms with Crippen LogP contribution in [-0.2, 0) is 14.3 Å². The minimum atomic E-state index is -0.574. The van der Waals surface area contributed by atoms with Gasteiger partial charge in [-0.25, -0.2) is 4.79 Å². The summed E-state index contributed by atoms with van der Waals surface area (Å²) in [6.45, 7) is 1.64. The average molecular weight is 206 g/mol. The van der Waals surface area contributed by atoms with E-state index in [1.807, 2.05) is 30.3 Å². The predicted molar refractivity (Wildman–Crippen MR) is 58.0 cm³/mol. The van der Waals surface area contributed by atoms with E-state index in [1.54, 1.807) is 13.0 Å². The zero-order valence-electron chi connectivity index (χ0n) is 8.84. The molecule has 1 rings (SSSR count). The van der Waals surface area contributed by atoms with Crippen LogP contribution in [0.15, 0.2) is 36.6 Å². The van der Waals surface area contributed by atoms with E-state index in [9.17, 15) is 4.79 Å². The second-order valence-electron chi connectivity index (χ2n) is 3.01. The first-order chi connectivity index (χ1) is 7.24. The van der Waals surface area contributed by atoms with Gasteiger partial charge in [-0.05, 0) is 18.6 Å². The summed E-state index contributed by atoms with van der Waals surface area (Å²) in [5.74, 6) is -0.382. The molecule has 0 saturated heterocycles. The van der Waals surface area contributed by atoms with E-state index in [0.717, 1.165) is 5.56 Å². The molecule has 0 aromatic heterocycles. The van der Waals surface area contributed by atoms with E-state index < -0.39 is 6.10 Å². The van der Waals surface area contributed by atoms with Crippen LogP contribution in [0.3, 0.4) is 0 Å². The fourth-order valence-corrected chi connectivity index (χ4v) is 1.02. The topological polar surface area (TPSA) is 35.5 Å². The van der Waals surface area contributed by atoms with Gasteiger partial charge in [-0.15, -0.1) is 0 Å². The van der Waals surface area contributed by atoms with Gasteiger partial charge in [0.1, 0.15) is 0 Å². The Morgan fingerprint density at radius 3 is 2.60 bits per heavy atom. The van der Waals surface area contributed by atoms with Crippen molar-refractivity contribution in [1.82, 2.24) is 0 Å². The van der Waals surface area contributed by atoms with Gasteiger partial charge in [0, 0.05) is 0 Å². The molecule has 0 amide bonds. The van der Waals surface area contributed by atoms with E-state index in [4.69, 9.17) is 4.74 Å². The number of benzene rings is 1. The first-order valence-electron chi connectivity index (χ1n) is 4.69. The third kappa shape index (κ3) is 3.85. The molecule has 15 heavy (non-hydrogen) atoms. The van der Waals surface area contributed by atoms with Crippen molar-refractivity contribution in [3.63, 3.8) is 0 Å². The van der Waals surface area contributed by atoms with Gasteiger partial charge in [-0.2, -0.15) is 0 Å². The molecule has 0 aliphatic rings.